The van der Waals surface area contributed by atoms with Gasteiger partial charge >= 0.3 is 0 Å². The lowest BCUT2D eigenvalue weighted by atomic mass is 9.72. The van der Waals surface area contributed by atoms with Crippen LogP contribution in [-0.2, 0) is 4.74 Å². The lowest BCUT2D eigenvalue weighted by Crippen LogP contribution is -2.42. The van der Waals surface area contributed by atoms with Crippen LogP contribution in [0.4, 0.5) is 0 Å². The first-order valence-corrected chi connectivity index (χ1v) is 7.31. The normalized spacial score (nSPS) is 24.1. The Morgan fingerprint density at radius 1 is 1.26 bits per heavy atom. The van der Waals surface area contributed by atoms with Crippen molar-refractivity contribution in [1.29, 1.82) is 0 Å². The van der Waals surface area contributed by atoms with E-state index in [1.807, 2.05) is 6.07 Å². The van der Waals surface area contributed by atoms with E-state index in [0.29, 0.717) is 25.7 Å². The van der Waals surface area contributed by atoms with Crippen LogP contribution in [0.5, 0.6) is 0 Å². The predicted octanol–water partition coefficient (Wildman–Crippen LogP) is 2.35. The minimum atomic E-state index is -0.460. The molecule has 3 heteroatoms. The highest BCUT2D eigenvalue weighted by Crippen LogP contribution is 2.48. The van der Waals surface area contributed by atoms with Crippen LogP contribution < -0.4 is 5.73 Å². The zero-order chi connectivity index (χ0) is 13.3. The third kappa shape index (κ3) is 2.42. The summed E-state index contributed by atoms with van der Waals surface area (Å²) in [5.74, 6) is 0.653. The molecule has 2 fully saturated rings. The lowest BCUT2D eigenvalue weighted by molar-refractivity contribution is -0.0584. The van der Waals surface area contributed by atoms with Gasteiger partial charge in [-0.05, 0) is 42.7 Å². The molecule has 3 rings (SSSR count). The molecule has 3 N–H and O–H groups in total. The molecule has 1 aromatic rings. The zero-order valence-corrected chi connectivity index (χ0v) is 11.3. The average Bonchev–Trinajstić information content (AvgIpc) is 3.32. The first kappa shape index (κ1) is 13.1. The number of rotatable bonds is 4. The number of aliphatic hydroxyl groups excluding tert-OH is 1. The average molecular weight is 261 g/mol. The summed E-state index contributed by atoms with van der Waals surface area (Å²) < 4.78 is 5.44. The van der Waals surface area contributed by atoms with Crippen molar-refractivity contribution in [1.82, 2.24) is 0 Å². The van der Waals surface area contributed by atoms with E-state index in [1.54, 1.807) is 0 Å². The summed E-state index contributed by atoms with van der Waals surface area (Å²) >= 11 is 0. The Morgan fingerprint density at radius 3 is 2.58 bits per heavy atom. The van der Waals surface area contributed by atoms with Gasteiger partial charge in [0.15, 0.2) is 0 Å². The van der Waals surface area contributed by atoms with Crippen molar-refractivity contribution in [3.8, 4) is 0 Å². The van der Waals surface area contributed by atoms with Gasteiger partial charge in [0.05, 0.1) is 6.10 Å². The van der Waals surface area contributed by atoms with Gasteiger partial charge in [0.25, 0.3) is 0 Å². The van der Waals surface area contributed by atoms with Gasteiger partial charge in [0.2, 0.25) is 0 Å². The second-order valence-electron chi connectivity index (χ2n) is 5.98. The van der Waals surface area contributed by atoms with Crippen LogP contribution >= 0.6 is 0 Å². The topological polar surface area (TPSA) is 55.5 Å². The molecular weight excluding hydrogens is 238 g/mol. The third-order valence-electron chi connectivity index (χ3n) is 4.78. The van der Waals surface area contributed by atoms with Crippen molar-refractivity contribution in [2.24, 2.45) is 11.1 Å². The molecule has 1 atom stereocenters. The summed E-state index contributed by atoms with van der Waals surface area (Å²) in [6, 6.07) is 8.34. The minimum Gasteiger partial charge on any atom is -0.388 e. The molecule has 0 amide bonds. The highest BCUT2D eigenvalue weighted by atomic mass is 16.5. The maximum absolute atomic E-state index is 10.9. The highest BCUT2D eigenvalue weighted by molar-refractivity contribution is 5.36. The number of aliphatic hydroxyl groups is 1. The van der Waals surface area contributed by atoms with E-state index in [-0.39, 0.29) is 5.41 Å². The van der Waals surface area contributed by atoms with Gasteiger partial charge in [0, 0.05) is 25.2 Å². The van der Waals surface area contributed by atoms with Crippen LogP contribution in [0.1, 0.15) is 48.8 Å². The molecule has 1 aromatic carbocycles. The molecule has 0 spiro atoms. The van der Waals surface area contributed by atoms with Gasteiger partial charge < -0.3 is 15.6 Å². The van der Waals surface area contributed by atoms with Crippen LogP contribution in [0.25, 0.3) is 0 Å². The number of ether oxygens (including phenoxy) is 1. The fraction of sp³-hybridized carbons (Fsp3) is 0.625. The Labute approximate surface area is 114 Å². The Bertz CT molecular complexity index is 436. The van der Waals surface area contributed by atoms with Crippen LogP contribution in [0.3, 0.4) is 0 Å². The maximum Gasteiger partial charge on any atom is 0.0862 e. The SMILES string of the molecule is NCC1(C(O)c2ccccc2C2CC2)CCOCC1. The van der Waals surface area contributed by atoms with Crippen molar-refractivity contribution in [3.05, 3.63) is 35.4 Å². The largest absolute Gasteiger partial charge is 0.388 e. The first-order valence-electron chi connectivity index (χ1n) is 7.31. The summed E-state index contributed by atoms with van der Waals surface area (Å²) in [6.45, 7) is 1.94. The monoisotopic (exact) mass is 261 g/mol. The summed E-state index contributed by atoms with van der Waals surface area (Å²) in [5, 5.41) is 10.9. The van der Waals surface area contributed by atoms with E-state index in [2.05, 4.69) is 18.2 Å². The van der Waals surface area contributed by atoms with Crippen LogP contribution in [0.15, 0.2) is 24.3 Å². The molecule has 0 aromatic heterocycles. The molecule has 2 aliphatic rings. The standard InChI is InChI=1S/C16H23NO2/c17-11-16(7-9-19-10-8-16)15(18)14-4-2-1-3-13(14)12-5-6-12/h1-4,12,15,18H,5-11,17H2. The maximum atomic E-state index is 10.9. The van der Waals surface area contributed by atoms with Gasteiger partial charge in [-0.15, -0.1) is 0 Å². The van der Waals surface area contributed by atoms with Crippen LogP contribution in [0.2, 0.25) is 0 Å². The molecule has 1 aliphatic carbocycles. The Kier molecular flexibility index (Phi) is 3.61. The Balaban J connectivity index is 1.91. The van der Waals surface area contributed by atoms with E-state index in [4.69, 9.17) is 10.5 Å². The number of nitrogens with two attached hydrogens (primary N) is 1. The van der Waals surface area contributed by atoms with E-state index in [0.717, 1.165) is 18.4 Å². The van der Waals surface area contributed by atoms with Crippen molar-refractivity contribution < 1.29 is 9.84 Å². The second kappa shape index (κ2) is 5.23. The smallest absolute Gasteiger partial charge is 0.0862 e. The van der Waals surface area contributed by atoms with Crippen molar-refractivity contribution in [2.45, 2.75) is 37.7 Å². The van der Waals surface area contributed by atoms with E-state index in [9.17, 15) is 5.11 Å². The second-order valence-corrected chi connectivity index (χ2v) is 5.98. The molecule has 0 bridgehead atoms. The summed E-state index contributed by atoms with van der Waals surface area (Å²) in [6.07, 6.45) is 3.75. The van der Waals surface area contributed by atoms with Gasteiger partial charge in [0.1, 0.15) is 0 Å². The molecule has 3 nitrogen and oxygen atoms in total. The first-order chi connectivity index (χ1) is 9.27. The molecule has 0 radical (unpaired) electrons. The molecule has 19 heavy (non-hydrogen) atoms. The van der Waals surface area contributed by atoms with Crippen LogP contribution in [-0.4, -0.2) is 24.9 Å². The molecular formula is C16H23NO2. The quantitative estimate of drug-likeness (QED) is 0.874. The minimum absolute atomic E-state index is 0.205. The number of hydrogen-bond donors (Lipinski definition) is 2. The van der Waals surface area contributed by atoms with E-state index >= 15 is 0 Å². The van der Waals surface area contributed by atoms with Crippen molar-refractivity contribution >= 4 is 0 Å². The molecule has 1 saturated heterocycles. The zero-order valence-electron chi connectivity index (χ0n) is 11.3. The van der Waals surface area contributed by atoms with Crippen LogP contribution in [0, 0.1) is 5.41 Å². The van der Waals surface area contributed by atoms with Crippen molar-refractivity contribution in [3.63, 3.8) is 0 Å². The Hall–Kier alpha value is -0.900. The van der Waals surface area contributed by atoms with E-state index < -0.39 is 6.10 Å². The summed E-state index contributed by atoms with van der Waals surface area (Å²) in [4.78, 5) is 0. The molecule has 1 saturated carbocycles. The van der Waals surface area contributed by atoms with Gasteiger partial charge in [-0.1, -0.05) is 24.3 Å². The number of hydrogen-bond acceptors (Lipinski definition) is 3. The lowest BCUT2D eigenvalue weighted by Gasteiger charge is -2.40. The highest BCUT2D eigenvalue weighted by Gasteiger charge is 2.41. The third-order valence-corrected chi connectivity index (χ3v) is 4.78. The molecule has 104 valence electrons. The number of benzene rings is 1. The van der Waals surface area contributed by atoms with Gasteiger partial charge in [-0.25, -0.2) is 0 Å². The Morgan fingerprint density at radius 2 is 1.95 bits per heavy atom. The summed E-state index contributed by atoms with van der Waals surface area (Å²) in [7, 11) is 0. The van der Waals surface area contributed by atoms with Gasteiger partial charge in [-0.3, -0.25) is 0 Å². The fourth-order valence-electron chi connectivity index (χ4n) is 3.22. The van der Waals surface area contributed by atoms with Gasteiger partial charge in [-0.2, -0.15) is 0 Å². The fourth-order valence-corrected chi connectivity index (χ4v) is 3.22. The summed E-state index contributed by atoms with van der Waals surface area (Å²) in [5.41, 5.74) is 8.22. The molecule has 1 aliphatic heterocycles. The molecule has 1 unspecified atom stereocenters. The van der Waals surface area contributed by atoms with Crippen molar-refractivity contribution in [2.75, 3.05) is 19.8 Å². The molecule has 1 heterocycles. The van der Waals surface area contributed by atoms with E-state index in [1.165, 1.54) is 18.4 Å². The predicted molar refractivity (Wildman–Crippen MR) is 74.9 cm³/mol.